The van der Waals surface area contributed by atoms with Gasteiger partial charge < -0.3 is 14.7 Å². The van der Waals surface area contributed by atoms with Crippen LogP contribution in [0.5, 0.6) is 0 Å². The quantitative estimate of drug-likeness (QED) is 0.665. The van der Waals surface area contributed by atoms with Crippen LogP contribution in [0.4, 0.5) is 0 Å². The minimum absolute atomic E-state index is 0.0789. The Morgan fingerprint density at radius 1 is 1.55 bits per heavy atom. The summed E-state index contributed by atoms with van der Waals surface area (Å²) in [5.74, 6) is -1.37. The molecule has 1 rings (SSSR count). The second-order valence-corrected chi connectivity index (χ2v) is 6.15. The number of methoxy groups -OCH3 is 1. The molecule has 1 fully saturated rings. The van der Waals surface area contributed by atoms with Crippen LogP contribution in [0.15, 0.2) is 37.0 Å². The second kappa shape index (κ2) is 8.91. The summed E-state index contributed by atoms with van der Waals surface area (Å²) in [5.41, 5.74) is 0.800. The van der Waals surface area contributed by atoms with Crippen molar-refractivity contribution in [1.82, 2.24) is 4.90 Å². The molecule has 0 aromatic heterocycles. The van der Waals surface area contributed by atoms with E-state index in [9.17, 15) is 9.90 Å². The first-order chi connectivity index (χ1) is 10.4. The molecular weight excluding hydrogens is 278 g/mol. The van der Waals surface area contributed by atoms with Crippen LogP contribution in [-0.4, -0.2) is 48.8 Å². The number of hydrogen-bond donors (Lipinski definition) is 1. The Balaban J connectivity index is 2.84. The average Bonchev–Trinajstić information content (AvgIpc) is 2.89. The highest BCUT2D eigenvalue weighted by Gasteiger charge is 2.38. The van der Waals surface area contributed by atoms with Crippen LogP contribution >= 0.6 is 0 Å². The third-order valence-electron chi connectivity index (χ3n) is 4.65. The summed E-state index contributed by atoms with van der Waals surface area (Å²) in [5, 5.41) is 9.62. The lowest BCUT2D eigenvalue weighted by molar-refractivity contribution is -0.146. The molecule has 0 spiro atoms. The zero-order chi connectivity index (χ0) is 16.7. The van der Waals surface area contributed by atoms with Gasteiger partial charge in [0, 0.05) is 13.2 Å². The van der Waals surface area contributed by atoms with Gasteiger partial charge in [0.25, 0.3) is 0 Å². The topological polar surface area (TPSA) is 49.8 Å². The molecule has 4 nitrogen and oxygen atoms in total. The Labute approximate surface area is 134 Å². The lowest BCUT2D eigenvalue weighted by Gasteiger charge is -2.35. The van der Waals surface area contributed by atoms with E-state index in [2.05, 4.69) is 25.1 Å². The molecule has 1 heterocycles. The van der Waals surface area contributed by atoms with Crippen LogP contribution in [0, 0.1) is 11.8 Å². The summed E-state index contributed by atoms with van der Waals surface area (Å²) in [6.07, 6.45) is 7.81. The third-order valence-corrected chi connectivity index (χ3v) is 4.65. The van der Waals surface area contributed by atoms with E-state index in [0.717, 1.165) is 25.0 Å². The van der Waals surface area contributed by atoms with Crippen molar-refractivity contribution in [2.45, 2.75) is 38.3 Å². The molecule has 0 saturated carbocycles. The summed E-state index contributed by atoms with van der Waals surface area (Å²) < 4.78 is 5.69. The zero-order valence-electron chi connectivity index (χ0n) is 14.0. The molecule has 0 radical (unpaired) electrons. The van der Waals surface area contributed by atoms with Gasteiger partial charge in [-0.05, 0) is 38.8 Å². The van der Waals surface area contributed by atoms with E-state index in [1.54, 1.807) is 19.3 Å². The summed E-state index contributed by atoms with van der Waals surface area (Å²) in [6, 6.07) is 0.291. The molecule has 1 N–H and O–H groups in total. The van der Waals surface area contributed by atoms with E-state index in [4.69, 9.17) is 4.74 Å². The first kappa shape index (κ1) is 18.7. The summed E-state index contributed by atoms with van der Waals surface area (Å²) in [6.45, 7) is 10.6. The van der Waals surface area contributed by atoms with Gasteiger partial charge in [-0.1, -0.05) is 43.9 Å². The van der Waals surface area contributed by atoms with E-state index in [1.807, 2.05) is 13.0 Å². The first-order valence-electron chi connectivity index (χ1n) is 7.85. The second-order valence-electron chi connectivity index (χ2n) is 6.15. The molecule has 0 aromatic carbocycles. The average molecular weight is 307 g/mol. The molecule has 124 valence electrons. The number of nitrogens with zero attached hydrogens (tertiary/aromatic N) is 1. The zero-order valence-corrected chi connectivity index (χ0v) is 14.0. The number of hydrogen-bond acceptors (Lipinski definition) is 3. The number of carbonyl (C=O) groups is 1. The number of aliphatic carboxylic acids is 1. The fourth-order valence-corrected chi connectivity index (χ4v) is 3.35. The van der Waals surface area contributed by atoms with E-state index in [0.29, 0.717) is 12.5 Å². The van der Waals surface area contributed by atoms with Gasteiger partial charge in [-0.15, -0.1) is 0 Å². The van der Waals surface area contributed by atoms with Gasteiger partial charge in [-0.3, -0.25) is 4.79 Å². The maximum Gasteiger partial charge on any atom is 0.307 e. The molecule has 0 aromatic rings. The van der Waals surface area contributed by atoms with Crippen molar-refractivity contribution >= 4 is 5.97 Å². The Morgan fingerprint density at radius 2 is 2.23 bits per heavy atom. The first-order valence-corrected chi connectivity index (χ1v) is 7.85. The molecule has 1 aliphatic heterocycles. The van der Waals surface area contributed by atoms with E-state index in [1.165, 1.54) is 0 Å². The monoisotopic (exact) mass is 307 g/mol. The molecule has 0 aliphatic carbocycles. The van der Waals surface area contributed by atoms with Crippen molar-refractivity contribution in [2.75, 3.05) is 20.7 Å². The molecule has 1 saturated heterocycles. The Kier molecular flexibility index (Phi) is 7.56. The number of rotatable bonds is 9. The van der Waals surface area contributed by atoms with Crippen LogP contribution in [-0.2, 0) is 9.53 Å². The number of likely N-dealkylation sites (N-methyl/N-ethyl adjacent to an activating group) is 1. The number of carboxylic acid groups (broad SMARTS) is 1. The largest absolute Gasteiger partial charge is 0.481 e. The van der Waals surface area contributed by atoms with Gasteiger partial charge in [0.1, 0.15) is 0 Å². The molecule has 1 aliphatic rings. The van der Waals surface area contributed by atoms with Gasteiger partial charge in [-0.25, -0.2) is 0 Å². The van der Waals surface area contributed by atoms with E-state index >= 15 is 0 Å². The maximum absolute atomic E-state index is 11.7. The lowest BCUT2D eigenvalue weighted by atomic mass is 9.81. The summed E-state index contributed by atoms with van der Waals surface area (Å²) in [7, 11) is 3.76. The number of allylic oxidation sites excluding steroid dienone is 4. The highest BCUT2D eigenvalue weighted by molar-refractivity contribution is 5.71. The number of ether oxygens (including phenoxy) is 1. The minimum Gasteiger partial charge on any atom is -0.481 e. The van der Waals surface area contributed by atoms with Crippen molar-refractivity contribution in [2.24, 2.45) is 11.8 Å². The van der Waals surface area contributed by atoms with Crippen molar-refractivity contribution < 1.29 is 14.6 Å². The molecule has 0 bridgehead atoms. The van der Waals surface area contributed by atoms with Crippen LogP contribution in [0.2, 0.25) is 0 Å². The van der Waals surface area contributed by atoms with Gasteiger partial charge >= 0.3 is 5.97 Å². The van der Waals surface area contributed by atoms with Crippen LogP contribution in [0.1, 0.15) is 26.2 Å². The molecule has 22 heavy (non-hydrogen) atoms. The predicted octanol–water partition coefficient (Wildman–Crippen LogP) is 3.12. The molecule has 4 atom stereocenters. The van der Waals surface area contributed by atoms with E-state index in [-0.39, 0.29) is 12.0 Å². The van der Waals surface area contributed by atoms with E-state index < -0.39 is 11.9 Å². The van der Waals surface area contributed by atoms with Crippen LogP contribution in [0.3, 0.4) is 0 Å². The summed E-state index contributed by atoms with van der Waals surface area (Å²) in [4.78, 5) is 14.0. The SMILES string of the molecule is C=C/C=C\C(=C)CC(C(=O)O)C(C)C(OC)C1CCCN1C. The standard InChI is InChI=1S/C18H29NO3/c1-6-7-9-13(2)12-15(18(20)21)14(3)17(22-5)16-10-8-11-19(16)4/h6-7,9,14-17H,1-2,8,10-12H2,3-5H3,(H,20,21)/b9-7-. The molecule has 0 amide bonds. The lowest BCUT2D eigenvalue weighted by Crippen LogP contribution is -2.45. The number of likely N-dealkylation sites (tertiary alicyclic amines) is 1. The van der Waals surface area contributed by atoms with Gasteiger partial charge in [0.05, 0.1) is 12.0 Å². The third kappa shape index (κ3) is 4.82. The highest BCUT2D eigenvalue weighted by atomic mass is 16.5. The minimum atomic E-state index is -0.789. The number of carboxylic acids is 1. The van der Waals surface area contributed by atoms with Crippen molar-refractivity contribution in [1.29, 1.82) is 0 Å². The predicted molar refractivity (Wildman–Crippen MR) is 89.8 cm³/mol. The fourth-order valence-electron chi connectivity index (χ4n) is 3.35. The highest BCUT2D eigenvalue weighted by Crippen LogP contribution is 2.31. The normalized spacial score (nSPS) is 23.3. The van der Waals surface area contributed by atoms with Gasteiger partial charge in [-0.2, -0.15) is 0 Å². The van der Waals surface area contributed by atoms with Crippen LogP contribution in [0.25, 0.3) is 0 Å². The molecule has 4 unspecified atom stereocenters. The van der Waals surface area contributed by atoms with Crippen molar-refractivity contribution in [3.05, 3.63) is 37.0 Å². The molecular formula is C18H29NO3. The fraction of sp³-hybridized carbons (Fsp3) is 0.611. The van der Waals surface area contributed by atoms with Crippen LogP contribution < -0.4 is 0 Å². The van der Waals surface area contributed by atoms with Gasteiger partial charge in [0.15, 0.2) is 0 Å². The smallest absolute Gasteiger partial charge is 0.307 e. The summed E-state index contributed by atoms with van der Waals surface area (Å²) >= 11 is 0. The Hall–Kier alpha value is -1.39. The van der Waals surface area contributed by atoms with Gasteiger partial charge in [0.2, 0.25) is 0 Å². The van der Waals surface area contributed by atoms with Crippen molar-refractivity contribution in [3.63, 3.8) is 0 Å². The van der Waals surface area contributed by atoms with Crippen molar-refractivity contribution in [3.8, 4) is 0 Å². The maximum atomic E-state index is 11.7. The Morgan fingerprint density at radius 3 is 2.68 bits per heavy atom. The molecule has 4 heteroatoms. The Bertz CT molecular complexity index is 430.